The number of nitrogens with two attached hydrogens (primary N) is 2. The molecular weight excluding hydrogens is 260 g/mol. The van der Waals surface area contributed by atoms with Crippen molar-refractivity contribution in [3.8, 4) is 6.07 Å². The largest absolute Gasteiger partial charge is 0.396 e. The zero-order valence-corrected chi connectivity index (χ0v) is 10.8. The molecule has 2 aromatic rings. The summed E-state index contributed by atoms with van der Waals surface area (Å²) in [6.45, 7) is 0.549. The third kappa shape index (κ3) is 2.67. The number of primary amides is 1. The molecule has 0 saturated carbocycles. The van der Waals surface area contributed by atoms with E-state index in [0.29, 0.717) is 11.5 Å². The van der Waals surface area contributed by atoms with Crippen molar-refractivity contribution in [2.45, 2.75) is 6.54 Å². The molecule has 5 nitrogen and oxygen atoms in total. The predicted octanol–water partition coefficient (Wildman–Crippen LogP) is 1.91. The molecule has 0 bridgehead atoms. The fourth-order valence-corrected chi connectivity index (χ4v) is 2.56. The molecule has 2 rings (SSSR count). The summed E-state index contributed by atoms with van der Waals surface area (Å²) in [4.78, 5) is 11.4. The van der Waals surface area contributed by atoms with Gasteiger partial charge in [0.25, 0.3) is 5.91 Å². The van der Waals surface area contributed by atoms with Crippen LogP contribution in [0.1, 0.15) is 20.8 Å². The lowest BCUT2D eigenvalue weighted by molar-refractivity contribution is 0.100. The van der Waals surface area contributed by atoms with Crippen LogP contribution in [0.4, 0.5) is 10.7 Å². The van der Waals surface area contributed by atoms with Crippen LogP contribution < -0.4 is 16.8 Å². The van der Waals surface area contributed by atoms with Gasteiger partial charge in [0.05, 0.1) is 5.69 Å². The molecule has 0 aliphatic rings. The first-order valence-electron chi connectivity index (χ1n) is 5.53. The lowest BCUT2D eigenvalue weighted by Gasteiger charge is -2.04. The second kappa shape index (κ2) is 5.42. The average molecular weight is 272 g/mol. The Balaban J connectivity index is 2.24. The minimum absolute atomic E-state index is 0.149. The smallest absolute Gasteiger partial charge is 0.261 e. The van der Waals surface area contributed by atoms with Gasteiger partial charge in [-0.3, -0.25) is 4.79 Å². The van der Waals surface area contributed by atoms with E-state index in [2.05, 4.69) is 5.32 Å². The van der Waals surface area contributed by atoms with Gasteiger partial charge in [-0.2, -0.15) is 5.26 Å². The van der Waals surface area contributed by atoms with Crippen LogP contribution in [0.2, 0.25) is 0 Å². The lowest BCUT2D eigenvalue weighted by Crippen LogP contribution is -2.10. The third-order valence-electron chi connectivity index (χ3n) is 2.58. The van der Waals surface area contributed by atoms with Crippen LogP contribution in [-0.2, 0) is 6.54 Å². The first kappa shape index (κ1) is 12.9. The molecule has 0 radical (unpaired) electrons. The fraction of sp³-hybridized carbons (Fsp3) is 0.0769. The van der Waals surface area contributed by atoms with E-state index in [1.165, 1.54) is 0 Å². The van der Waals surface area contributed by atoms with E-state index < -0.39 is 5.91 Å². The van der Waals surface area contributed by atoms with E-state index in [0.717, 1.165) is 16.9 Å². The quantitative estimate of drug-likeness (QED) is 0.790. The number of nitrogen functional groups attached to an aromatic ring is 1. The molecule has 1 aromatic carbocycles. The number of amides is 1. The molecule has 0 fully saturated rings. The number of carbonyl (C=O) groups is 1. The van der Waals surface area contributed by atoms with E-state index >= 15 is 0 Å². The van der Waals surface area contributed by atoms with Gasteiger partial charge in [-0.25, -0.2) is 0 Å². The maximum Gasteiger partial charge on any atom is 0.261 e. The van der Waals surface area contributed by atoms with Crippen molar-refractivity contribution in [2.75, 3.05) is 11.1 Å². The van der Waals surface area contributed by atoms with Gasteiger partial charge in [-0.15, -0.1) is 11.3 Å². The molecule has 0 saturated heterocycles. The zero-order valence-electron chi connectivity index (χ0n) is 10.0. The summed E-state index contributed by atoms with van der Waals surface area (Å²) in [6, 6.07) is 11.7. The molecule has 5 N–H and O–H groups in total. The van der Waals surface area contributed by atoms with Crippen LogP contribution in [-0.4, -0.2) is 5.91 Å². The molecule has 0 atom stereocenters. The van der Waals surface area contributed by atoms with Crippen LogP contribution in [0.25, 0.3) is 0 Å². The SMILES string of the molecule is N#Cc1c(NCc2ccccc2)sc(C(N)=O)c1N. The van der Waals surface area contributed by atoms with Gasteiger partial charge in [0.1, 0.15) is 21.5 Å². The number of hydrogen-bond donors (Lipinski definition) is 3. The van der Waals surface area contributed by atoms with E-state index in [1.807, 2.05) is 36.4 Å². The van der Waals surface area contributed by atoms with Gasteiger partial charge < -0.3 is 16.8 Å². The molecular formula is C13H12N4OS. The molecule has 1 heterocycles. The van der Waals surface area contributed by atoms with Crippen LogP contribution in [0.15, 0.2) is 30.3 Å². The van der Waals surface area contributed by atoms with Gasteiger partial charge in [0, 0.05) is 6.54 Å². The normalized spacial score (nSPS) is 9.84. The van der Waals surface area contributed by atoms with Crippen molar-refractivity contribution >= 4 is 27.9 Å². The van der Waals surface area contributed by atoms with Crippen molar-refractivity contribution in [3.05, 3.63) is 46.3 Å². The van der Waals surface area contributed by atoms with Crippen molar-refractivity contribution in [2.24, 2.45) is 5.73 Å². The Bertz CT molecular complexity index is 643. The fourth-order valence-electron chi connectivity index (χ4n) is 1.64. The highest BCUT2D eigenvalue weighted by molar-refractivity contribution is 7.18. The highest BCUT2D eigenvalue weighted by Gasteiger charge is 2.18. The van der Waals surface area contributed by atoms with Crippen LogP contribution >= 0.6 is 11.3 Å². The van der Waals surface area contributed by atoms with Gasteiger partial charge in [-0.1, -0.05) is 30.3 Å². The predicted molar refractivity (Wildman–Crippen MR) is 75.7 cm³/mol. The highest BCUT2D eigenvalue weighted by atomic mass is 32.1. The Kier molecular flexibility index (Phi) is 3.68. The van der Waals surface area contributed by atoms with Gasteiger partial charge >= 0.3 is 0 Å². The molecule has 96 valence electrons. The van der Waals surface area contributed by atoms with Gasteiger partial charge in [0.15, 0.2) is 0 Å². The lowest BCUT2D eigenvalue weighted by atomic mass is 10.2. The first-order valence-corrected chi connectivity index (χ1v) is 6.35. The van der Waals surface area contributed by atoms with Crippen LogP contribution in [0, 0.1) is 11.3 Å². The minimum atomic E-state index is -0.619. The summed E-state index contributed by atoms with van der Waals surface area (Å²) in [6.07, 6.45) is 0. The van der Waals surface area contributed by atoms with Gasteiger partial charge in [-0.05, 0) is 5.56 Å². The molecule has 1 aromatic heterocycles. The van der Waals surface area contributed by atoms with E-state index in [4.69, 9.17) is 16.7 Å². The van der Waals surface area contributed by atoms with Crippen LogP contribution in [0.3, 0.4) is 0 Å². The third-order valence-corrected chi connectivity index (χ3v) is 3.75. The first-order chi connectivity index (χ1) is 9.13. The molecule has 0 aliphatic carbocycles. The standard InChI is InChI=1S/C13H12N4OS/c14-6-9-10(15)11(12(16)18)19-13(9)17-7-8-4-2-1-3-5-8/h1-5,17H,7,15H2,(H2,16,18). The summed E-state index contributed by atoms with van der Waals surface area (Å²) in [5, 5.41) is 12.7. The van der Waals surface area contributed by atoms with E-state index in [-0.39, 0.29) is 16.1 Å². The van der Waals surface area contributed by atoms with Crippen molar-refractivity contribution < 1.29 is 4.79 Å². The number of rotatable bonds is 4. The second-order valence-electron chi connectivity index (χ2n) is 3.86. The Labute approximate surface area is 114 Å². The van der Waals surface area contributed by atoms with Gasteiger partial charge in [0.2, 0.25) is 0 Å². The summed E-state index contributed by atoms with van der Waals surface area (Å²) >= 11 is 1.10. The number of carbonyl (C=O) groups excluding carboxylic acids is 1. The molecule has 0 unspecified atom stereocenters. The molecule has 19 heavy (non-hydrogen) atoms. The van der Waals surface area contributed by atoms with Crippen molar-refractivity contribution in [3.63, 3.8) is 0 Å². The molecule has 0 aliphatic heterocycles. The van der Waals surface area contributed by atoms with E-state index in [9.17, 15) is 4.79 Å². The number of hydrogen-bond acceptors (Lipinski definition) is 5. The highest BCUT2D eigenvalue weighted by Crippen LogP contribution is 2.34. The molecule has 6 heteroatoms. The number of nitrogens with zero attached hydrogens (tertiary/aromatic N) is 1. The Morgan fingerprint density at radius 1 is 1.37 bits per heavy atom. The zero-order chi connectivity index (χ0) is 13.8. The number of nitriles is 1. The van der Waals surface area contributed by atoms with Crippen molar-refractivity contribution in [1.29, 1.82) is 5.26 Å². The Morgan fingerprint density at radius 3 is 2.63 bits per heavy atom. The average Bonchev–Trinajstić information content (AvgIpc) is 2.74. The molecule has 0 spiro atoms. The number of anilines is 2. The van der Waals surface area contributed by atoms with E-state index in [1.54, 1.807) is 0 Å². The Morgan fingerprint density at radius 2 is 2.05 bits per heavy atom. The second-order valence-corrected chi connectivity index (χ2v) is 4.88. The number of nitrogens with one attached hydrogen (secondary N) is 1. The summed E-state index contributed by atoms with van der Waals surface area (Å²) in [5.41, 5.74) is 12.4. The monoisotopic (exact) mass is 272 g/mol. The topological polar surface area (TPSA) is 105 Å². The maximum atomic E-state index is 11.2. The molecule has 1 amide bonds. The maximum absolute atomic E-state index is 11.2. The van der Waals surface area contributed by atoms with Crippen LogP contribution in [0.5, 0.6) is 0 Å². The summed E-state index contributed by atoms with van der Waals surface area (Å²) in [5.74, 6) is -0.619. The minimum Gasteiger partial charge on any atom is -0.396 e. The number of benzene rings is 1. The summed E-state index contributed by atoms with van der Waals surface area (Å²) < 4.78 is 0. The Hall–Kier alpha value is -2.52. The number of thiophene rings is 1. The van der Waals surface area contributed by atoms with Crippen molar-refractivity contribution in [1.82, 2.24) is 0 Å². The summed E-state index contributed by atoms with van der Waals surface area (Å²) in [7, 11) is 0.